The Bertz CT molecular complexity index is 1180. The van der Waals surface area contributed by atoms with E-state index >= 15 is 0 Å². The van der Waals surface area contributed by atoms with Gasteiger partial charge in [-0.1, -0.05) is 17.7 Å². The van der Waals surface area contributed by atoms with Gasteiger partial charge in [0.2, 0.25) is 0 Å². The SMILES string of the molecule is COC(=O)C1(N)CCC(Oc2cc3c(Nc4cccc(Cl)c4F)ncnc3cc2OC)CC1. The molecule has 3 N–H and O–H groups in total. The van der Waals surface area contributed by atoms with Crippen LogP contribution in [-0.4, -0.2) is 41.8 Å². The van der Waals surface area contributed by atoms with Crippen LogP contribution in [0.15, 0.2) is 36.7 Å². The van der Waals surface area contributed by atoms with Gasteiger partial charge in [-0.05, 0) is 43.9 Å². The Labute approximate surface area is 195 Å². The van der Waals surface area contributed by atoms with Gasteiger partial charge in [-0.15, -0.1) is 0 Å². The number of rotatable bonds is 6. The number of esters is 1. The standard InChI is InChI=1S/C23H24ClFN4O4/c1-31-18-11-17-14(21(28-12-27-17)29-16-5-3-4-15(24)20(16)25)10-19(18)33-13-6-8-23(26,9-7-13)22(30)32-2/h3-5,10-13H,6-9,26H2,1-2H3,(H,27,28,29). The predicted octanol–water partition coefficient (Wildman–Crippen LogP) is 4.37. The molecule has 0 saturated heterocycles. The molecule has 1 aliphatic carbocycles. The van der Waals surface area contributed by atoms with Crippen LogP contribution in [0.2, 0.25) is 5.02 Å². The Morgan fingerprint density at radius 2 is 1.97 bits per heavy atom. The van der Waals surface area contributed by atoms with Gasteiger partial charge in [0.15, 0.2) is 17.3 Å². The Kier molecular flexibility index (Phi) is 6.53. The molecule has 0 aliphatic heterocycles. The minimum absolute atomic E-state index is 0.00397. The first kappa shape index (κ1) is 23.0. The maximum Gasteiger partial charge on any atom is 0.325 e. The van der Waals surface area contributed by atoms with E-state index in [4.69, 9.17) is 31.5 Å². The third-order valence-corrected chi connectivity index (χ3v) is 6.13. The van der Waals surface area contributed by atoms with Crippen LogP contribution in [0, 0.1) is 5.82 Å². The van der Waals surface area contributed by atoms with E-state index in [1.807, 2.05) is 0 Å². The zero-order valence-electron chi connectivity index (χ0n) is 18.2. The second-order valence-electron chi connectivity index (χ2n) is 7.93. The van der Waals surface area contributed by atoms with Crippen LogP contribution in [0.4, 0.5) is 15.9 Å². The number of hydrogen-bond acceptors (Lipinski definition) is 8. The molecule has 1 aliphatic rings. The second-order valence-corrected chi connectivity index (χ2v) is 8.34. The van der Waals surface area contributed by atoms with Crippen LogP contribution in [-0.2, 0) is 9.53 Å². The van der Waals surface area contributed by atoms with E-state index in [2.05, 4.69) is 15.3 Å². The lowest BCUT2D eigenvalue weighted by Gasteiger charge is -2.34. The lowest BCUT2D eigenvalue weighted by molar-refractivity contribution is -0.149. The van der Waals surface area contributed by atoms with E-state index in [0.717, 1.165) is 0 Å². The average molecular weight is 475 g/mol. The molecular formula is C23H24ClFN4O4. The van der Waals surface area contributed by atoms with Crippen molar-refractivity contribution >= 4 is 40.0 Å². The van der Waals surface area contributed by atoms with Gasteiger partial charge in [-0.2, -0.15) is 0 Å². The van der Waals surface area contributed by atoms with Crippen molar-refractivity contribution < 1.29 is 23.4 Å². The number of aromatic nitrogens is 2. The topological polar surface area (TPSA) is 109 Å². The van der Waals surface area contributed by atoms with Gasteiger partial charge in [0.25, 0.3) is 0 Å². The summed E-state index contributed by atoms with van der Waals surface area (Å²) in [6.45, 7) is 0. The van der Waals surface area contributed by atoms with Crippen molar-refractivity contribution in [2.45, 2.75) is 37.3 Å². The fraction of sp³-hybridized carbons (Fsp3) is 0.348. The molecular weight excluding hydrogens is 451 g/mol. The zero-order chi connectivity index (χ0) is 23.6. The largest absolute Gasteiger partial charge is 0.493 e. The van der Waals surface area contributed by atoms with Crippen molar-refractivity contribution in [3.8, 4) is 11.5 Å². The van der Waals surface area contributed by atoms with Gasteiger partial charge < -0.3 is 25.3 Å². The van der Waals surface area contributed by atoms with E-state index in [-0.39, 0.29) is 16.8 Å². The summed E-state index contributed by atoms with van der Waals surface area (Å²) < 4.78 is 31.0. The molecule has 0 amide bonds. The van der Waals surface area contributed by atoms with Crippen molar-refractivity contribution in [3.63, 3.8) is 0 Å². The molecule has 174 valence electrons. The fourth-order valence-corrected chi connectivity index (χ4v) is 4.13. The minimum atomic E-state index is -0.992. The lowest BCUT2D eigenvalue weighted by atomic mass is 9.81. The first-order chi connectivity index (χ1) is 15.8. The van der Waals surface area contributed by atoms with Crippen LogP contribution in [0.3, 0.4) is 0 Å². The molecule has 8 nitrogen and oxygen atoms in total. The summed E-state index contributed by atoms with van der Waals surface area (Å²) in [6.07, 6.45) is 3.27. The molecule has 0 radical (unpaired) electrons. The highest BCUT2D eigenvalue weighted by molar-refractivity contribution is 6.31. The van der Waals surface area contributed by atoms with Crippen molar-refractivity contribution in [1.29, 1.82) is 0 Å². The monoisotopic (exact) mass is 474 g/mol. The number of fused-ring (bicyclic) bond motifs is 1. The number of benzene rings is 2. The first-order valence-corrected chi connectivity index (χ1v) is 10.8. The quantitative estimate of drug-likeness (QED) is 0.507. The molecule has 0 spiro atoms. The van der Waals surface area contributed by atoms with Crippen LogP contribution in [0.1, 0.15) is 25.7 Å². The van der Waals surface area contributed by atoms with Gasteiger partial charge in [0, 0.05) is 11.5 Å². The normalized spacial score (nSPS) is 20.3. The van der Waals surface area contributed by atoms with Crippen molar-refractivity contribution in [2.24, 2.45) is 5.73 Å². The number of ether oxygens (including phenoxy) is 3. The highest BCUT2D eigenvalue weighted by atomic mass is 35.5. The molecule has 0 bridgehead atoms. The summed E-state index contributed by atoms with van der Waals surface area (Å²) in [4.78, 5) is 20.5. The summed E-state index contributed by atoms with van der Waals surface area (Å²) in [5, 5.41) is 3.60. The minimum Gasteiger partial charge on any atom is -0.493 e. The Hall–Kier alpha value is -3.17. The summed E-state index contributed by atoms with van der Waals surface area (Å²) >= 11 is 5.90. The molecule has 1 heterocycles. The molecule has 2 aromatic carbocycles. The summed E-state index contributed by atoms with van der Waals surface area (Å²) in [5.74, 6) is 0.393. The predicted molar refractivity (Wildman–Crippen MR) is 123 cm³/mol. The number of carbonyl (C=O) groups is 1. The van der Waals surface area contributed by atoms with E-state index in [1.54, 1.807) is 31.4 Å². The van der Waals surface area contributed by atoms with Crippen molar-refractivity contribution in [2.75, 3.05) is 19.5 Å². The summed E-state index contributed by atoms with van der Waals surface area (Å²) in [7, 11) is 2.88. The lowest BCUT2D eigenvalue weighted by Crippen LogP contribution is -2.52. The maximum absolute atomic E-state index is 14.4. The van der Waals surface area contributed by atoms with Gasteiger partial charge in [-0.25, -0.2) is 14.4 Å². The van der Waals surface area contributed by atoms with Crippen LogP contribution in [0.5, 0.6) is 11.5 Å². The molecule has 3 aromatic rings. The van der Waals surface area contributed by atoms with Crippen LogP contribution < -0.4 is 20.5 Å². The molecule has 1 aromatic heterocycles. The molecule has 4 rings (SSSR count). The second kappa shape index (κ2) is 9.36. The third-order valence-electron chi connectivity index (χ3n) is 5.84. The number of hydrogen-bond donors (Lipinski definition) is 2. The number of nitrogens with two attached hydrogens (primary N) is 1. The Balaban J connectivity index is 1.62. The van der Waals surface area contributed by atoms with Crippen LogP contribution in [0.25, 0.3) is 10.9 Å². The third kappa shape index (κ3) is 4.65. The molecule has 33 heavy (non-hydrogen) atoms. The van der Waals surface area contributed by atoms with E-state index < -0.39 is 17.3 Å². The number of nitrogens with one attached hydrogen (secondary N) is 1. The smallest absolute Gasteiger partial charge is 0.325 e. The van der Waals surface area contributed by atoms with E-state index in [9.17, 15) is 9.18 Å². The number of methoxy groups -OCH3 is 2. The summed E-state index contributed by atoms with van der Waals surface area (Å²) in [5.41, 5.74) is 5.99. The Morgan fingerprint density at radius 1 is 1.21 bits per heavy atom. The molecule has 1 fully saturated rings. The van der Waals surface area contributed by atoms with Crippen molar-refractivity contribution in [1.82, 2.24) is 9.97 Å². The van der Waals surface area contributed by atoms with Gasteiger partial charge in [0.1, 0.15) is 17.7 Å². The zero-order valence-corrected chi connectivity index (χ0v) is 19.0. The van der Waals surface area contributed by atoms with Gasteiger partial charge in [0.05, 0.1) is 36.6 Å². The molecule has 1 saturated carbocycles. The van der Waals surface area contributed by atoms with Crippen LogP contribution >= 0.6 is 11.6 Å². The highest BCUT2D eigenvalue weighted by Gasteiger charge is 2.40. The maximum atomic E-state index is 14.4. The highest BCUT2D eigenvalue weighted by Crippen LogP contribution is 2.38. The van der Waals surface area contributed by atoms with E-state index in [0.29, 0.717) is 53.9 Å². The number of carbonyl (C=O) groups excluding carboxylic acids is 1. The van der Waals surface area contributed by atoms with E-state index in [1.165, 1.54) is 19.5 Å². The molecule has 10 heteroatoms. The fourth-order valence-electron chi connectivity index (χ4n) is 3.95. The molecule has 0 unspecified atom stereocenters. The Morgan fingerprint density at radius 3 is 2.67 bits per heavy atom. The number of nitrogens with zero attached hydrogens (tertiary/aromatic N) is 2. The average Bonchev–Trinajstić information content (AvgIpc) is 2.83. The first-order valence-electron chi connectivity index (χ1n) is 10.4. The summed E-state index contributed by atoms with van der Waals surface area (Å²) in [6, 6.07) is 8.17. The van der Waals surface area contributed by atoms with Gasteiger partial charge in [-0.3, -0.25) is 4.79 Å². The van der Waals surface area contributed by atoms with Gasteiger partial charge >= 0.3 is 5.97 Å². The molecule has 0 atom stereocenters. The van der Waals surface area contributed by atoms with Crippen molar-refractivity contribution in [3.05, 3.63) is 47.5 Å². The number of anilines is 2. The number of halogens is 2.